The molecule has 1 fully saturated rings. The number of ether oxygens (including phenoxy) is 2. The van der Waals surface area contributed by atoms with Crippen molar-refractivity contribution in [3.8, 4) is 11.5 Å². The first-order chi connectivity index (χ1) is 11.3. The van der Waals surface area contributed by atoms with E-state index in [1.165, 1.54) is 12.8 Å². The van der Waals surface area contributed by atoms with Crippen LogP contribution in [0.4, 0.5) is 0 Å². The van der Waals surface area contributed by atoms with Gasteiger partial charge in [0.15, 0.2) is 11.5 Å². The van der Waals surface area contributed by atoms with Crippen LogP contribution in [0.3, 0.4) is 0 Å². The third kappa shape index (κ3) is 3.01. The maximum absolute atomic E-state index is 9.26. The minimum absolute atomic E-state index is 0.253. The van der Waals surface area contributed by atoms with Gasteiger partial charge in [0.1, 0.15) is 19.0 Å². The molecule has 1 aromatic heterocycles. The first-order valence-corrected chi connectivity index (χ1v) is 8.46. The Labute approximate surface area is 135 Å². The molecule has 0 amide bonds. The third-order valence-electron chi connectivity index (χ3n) is 4.76. The largest absolute Gasteiger partial charge is 0.486 e. The summed E-state index contributed by atoms with van der Waals surface area (Å²) in [5.41, 5.74) is 1.90. The number of benzene rings is 1. The second kappa shape index (κ2) is 6.37. The van der Waals surface area contributed by atoms with Crippen molar-refractivity contribution >= 4 is 11.0 Å². The molecule has 2 aromatic rings. The summed E-state index contributed by atoms with van der Waals surface area (Å²) < 4.78 is 11.3. The van der Waals surface area contributed by atoms with Gasteiger partial charge in [-0.3, -0.25) is 4.90 Å². The maximum atomic E-state index is 9.26. The predicted octanol–water partition coefficient (Wildman–Crippen LogP) is 2.07. The number of hydrogen-bond acceptors (Lipinski definition) is 5. The van der Waals surface area contributed by atoms with Gasteiger partial charge in [-0.05, 0) is 25.8 Å². The monoisotopic (exact) mass is 317 g/mol. The van der Waals surface area contributed by atoms with Crippen molar-refractivity contribution in [1.29, 1.82) is 0 Å². The molecule has 124 valence electrons. The minimum atomic E-state index is 0.253. The average Bonchev–Trinajstić information content (AvgIpc) is 2.95. The van der Waals surface area contributed by atoms with Gasteiger partial charge < -0.3 is 19.6 Å². The van der Waals surface area contributed by atoms with E-state index in [-0.39, 0.29) is 6.61 Å². The van der Waals surface area contributed by atoms with Gasteiger partial charge in [-0.25, -0.2) is 4.98 Å². The standard InChI is InChI=1S/C17H23N3O3/c21-6-4-12-3-1-2-5-20(12)11-17-18-13-9-15-16(10-14(13)19-17)23-8-7-22-15/h9-10,12,21H,1-8,11H2,(H,18,19). The minimum Gasteiger partial charge on any atom is -0.486 e. The number of aliphatic hydroxyl groups excluding tert-OH is 1. The van der Waals surface area contributed by atoms with Crippen molar-refractivity contribution in [2.24, 2.45) is 0 Å². The van der Waals surface area contributed by atoms with Crippen LogP contribution in [0.5, 0.6) is 11.5 Å². The quantitative estimate of drug-likeness (QED) is 0.903. The van der Waals surface area contributed by atoms with E-state index in [0.29, 0.717) is 19.3 Å². The van der Waals surface area contributed by atoms with Crippen molar-refractivity contribution in [2.45, 2.75) is 38.3 Å². The molecule has 4 rings (SSSR count). The summed E-state index contributed by atoms with van der Waals surface area (Å²) >= 11 is 0. The topological polar surface area (TPSA) is 70.6 Å². The summed E-state index contributed by atoms with van der Waals surface area (Å²) in [5, 5.41) is 9.26. The highest BCUT2D eigenvalue weighted by molar-refractivity contribution is 5.79. The number of aromatic amines is 1. The Kier molecular flexibility index (Phi) is 4.10. The normalized spacial score (nSPS) is 21.7. The predicted molar refractivity (Wildman–Crippen MR) is 86.8 cm³/mol. The molecule has 0 saturated carbocycles. The fourth-order valence-corrected chi connectivity index (χ4v) is 3.61. The van der Waals surface area contributed by atoms with E-state index >= 15 is 0 Å². The molecule has 0 spiro atoms. The van der Waals surface area contributed by atoms with Crippen LogP contribution < -0.4 is 9.47 Å². The number of nitrogens with one attached hydrogen (secondary N) is 1. The van der Waals surface area contributed by atoms with Crippen molar-refractivity contribution in [3.63, 3.8) is 0 Å². The zero-order chi connectivity index (χ0) is 15.6. The highest BCUT2D eigenvalue weighted by atomic mass is 16.6. The zero-order valence-electron chi connectivity index (χ0n) is 13.3. The second-order valence-corrected chi connectivity index (χ2v) is 6.33. The van der Waals surface area contributed by atoms with Crippen LogP contribution in [0, 0.1) is 0 Å². The summed E-state index contributed by atoms with van der Waals surface area (Å²) in [5.74, 6) is 2.53. The van der Waals surface area contributed by atoms with E-state index in [1.807, 2.05) is 12.1 Å². The number of aliphatic hydroxyl groups is 1. The smallest absolute Gasteiger partial charge is 0.163 e. The number of nitrogens with zero attached hydrogens (tertiary/aromatic N) is 2. The lowest BCUT2D eigenvalue weighted by molar-refractivity contribution is 0.110. The number of aromatic nitrogens is 2. The Balaban J connectivity index is 1.56. The van der Waals surface area contributed by atoms with Crippen molar-refractivity contribution in [3.05, 3.63) is 18.0 Å². The molecule has 1 unspecified atom stereocenters. The fraction of sp³-hybridized carbons (Fsp3) is 0.588. The molecule has 2 N–H and O–H groups in total. The molecular formula is C17H23N3O3. The number of likely N-dealkylation sites (tertiary alicyclic amines) is 1. The lowest BCUT2D eigenvalue weighted by Crippen LogP contribution is -2.39. The maximum Gasteiger partial charge on any atom is 0.163 e. The summed E-state index contributed by atoms with van der Waals surface area (Å²) in [4.78, 5) is 10.6. The number of fused-ring (bicyclic) bond motifs is 2. The van der Waals surface area contributed by atoms with Gasteiger partial charge >= 0.3 is 0 Å². The highest BCUT2D eigenvalue weighted by Gasteiger charge is 2.23. The summed E-state index contributed by atoms with van der Waals surface area (Å²) in [6, 6.07) is 4.38. The Hall–Kier alpha value is -1.79. The van der Waals surface area contributed by atoms with Crippen LogP contribution in [0.2, 0.25) is 0 Å². The molecule has 1 saturated heterocycles. The zero-order valence-corrected chi connectivity index (χ0v) is 13.3. The Morgan fingerprint density at radius 3 is 2.87 bits per heavy atom. The lowest BCUT2D eigenvalue weighted by atomic mass is 10.00. The third-order valence-corrected chi connectivity index (χ3v) is 4.76. The van der Waals surface area contributed by atoms with Crippen LogP contribution in [-0.4, -0.2) is 52.4 Å². The number of hydrogen-bond donors (Lipinski definition) is 2. The van der Waals surface area contributed by atoms with Gasteiger partial charge in [0, 0.05) is 24.8 Å². The van der Waals surface area contributed by atoms with Crippen LogP contribution in [-0.2, 0) is 6.54 Å². The van der Waals surface area contributed by atoms with Crippen LogP contribution >= 0.6 is 0 Å². The van der Waals surface area contributed by atoms with Gasteiger partial charge in [-0.1, -0.05) is 6.42 Å². The van der Waals surface area contributed by atoms with Crippen LogP contribution in [0.25, 0.3) is 11.0 Å². The van der Waals surface area contributed by atoms with Gasteiger partial charge in [0.05, 0.1) is 17.6 Å². The summed E-state index contributed by atoms with van der Waals surface area (Å²) in [7, 11) is 0. The van der Waals surface area contributed by atoms with E-state index in [9.17, 15) is 5.11 Å². The lowest BCUT2D eigenvalue weighted by Gasteiger charge is -2.34. The molecule has 2 aliphatic heterocycles. The molecule has 3 heterocycles. The molecule has 1 aromatic carbocycles. The molecule has 0 radical (unpaired) electrons. The average molecular weight is 317 g/mol. The van der Waals surface area contributed by atoms with Gasteiger partial charge in [-0.15, -0.1) is 0 Å². The van der Waals surface area contributed by atoms with E-state index in [1.54, 1.807) is 0 Å². The SMILES string of the molecule is OCCC1CCCCN1Cc1nc2cc3c(cc2[nH]1)OCCO3. The van der Waals surface area contributed by atoms with Crippen molar-refractivity contribution < 1.29 is 14.6 Å². The Bertz CT molecular complexity index is 640. The van der Waals surface area contributed by atoms with E-state index in [0.717, 1.165) is 54.3 Å². The van der Waals surface area contributed by atoms with Crippen molar-refractivity contribution in [1.82, 2.24) is 14.9 Å². The molecule has 2 aliphatic rings. The fourth-order valence-electron chi connectivity index (χ4n) is 3.61. The van der Waals surface area contributed by atoms with Crippen LogP contribution in [0.15, 0.2) is 12.1 Å². The molecule has 0 aliphatic carbocycles. The van der Waals surface area contributed by atoms with E-state index in [2.05, 4.69) is 9.88 Å². The van der Waals surface area contributed by atoms with Gasteiger partial charge in [0.2, 0.25) is 0 Å². The van der Waals surface area contributed by atoms with Crippen molar-refractivity contribution in [2.75, 3.05) is 26.4 Å². The first-order valence-electron chi connectivity index (χ1n) is 8.46. The summed E-state index contributed by atoms with van der Waals surface area (Å²) in [6.07, 6.45) is 4.48. The first kappa shape index (κ1) is 14.8. The molecule has 1 atom stereocenters. The second-order valence-electron chi connectivity index (χ2n) is 6.33. The highest BCUT2D eigenvalue weighted by Crippen LogP contribution is 2.34. The van der Waals surface area contributed by atoms with Gasteiger partial charge in [-0.2, -0.15) is 0 Å². The van der Waals surface area contributed by atoms with Crippen LogP contribution in [0.1, 0.15) is 31.5 Å². The number of H-pyrrole nitrogens is 1. The van der Waals surface area contributed by atoms with Gasteiger partial charge in [0.25, 0.3) is 0 Å². The summed E-state index contributed by atoms with van der Waals surface area (Å²) in [6.45, 7) is 3.31. The molecule has 6 heteroatoms. The molecule has 0 bridgehead atoms. The Morgan fingerprint density at radius 1 is 1.22 bits per heavy atom. The molecule has 6 nitrogen and oxygen atoms in total. The molecular weight excluding hydrogens is 294 g/mol. The van der Waals surface area contributed by atoms with E-state index in [4.69, 9.17) is 14.5 Å². The number of imidazole rings is 1. The van der Waals surface area contributed by atoms with E-state index < -0.39 is 0 Å². The number of piperidine rings is 1. The molecule has 23 heavy (non-hydrogen) atoms. The Morgan fingerprint density at radius 2 is 2.04 bits per heavy atom. The number of rotatable bonds is 4.